The molecule has 9 heteroatoms. The topological polar surface area (TPSA) is 117 Å². The first kappa shape index (κ1) is 13.2. The fourth-order valence-corrected chi connectivity index (χ4v) is 1.68. The van der Waals surface area contributed by atoms with Crippen LogP contribution in [0.5, 0.6) is 0 Å². The van der Waals surface area contributed by atoms with Gasteiger partial charge in [-0.15, -0.1) is 0 Å². The first-order chi connectivity index (χ1) is 7.91. The summed E-state index contributed by atoms with van der Waals surface area (Å²) < 4.78 is 40.0. The lowest BCUT2D eigenvalue weighted by molar-refractivity contribution is 0.318. The van der Waals surface area contributed by atoms with Crippen molar-refractivity contribution in [1.29, 1.82) is 0 Å². The molecule has 0 aromatic heterocycles. The molecule has 0 aliphatic heterocycles. The molecular formula is C8H11FN4O3S. The summed E-state index contributed by atoms with van der Waals surface area (Å²) >= 11 is 0. The van der Waals surface area contributed by atoms with Crippen LogP contribution < -0.4 is 15.2 Å². The number of halogens is 1. The van der Waals surface area contributed by atoms with Gasteiger partial charge in [0.25, 0.3) is 10.2 Å². The van der Waals surface area contributed by atoms with Crippen molar-refractivity contribution in [2.75, 3.05) is 11.8 Å². The largest absolute Gasteiger partial charge is 0.409 e. The van der Waals surface area contributed by atoms with E-state index in [9.17, 15) is 12.8 Å². The van der Waals surface area contributed by atoms with Crippen LogP contribution in [0.4, 0.5) is 10.1 Å². The zero-order chi connectivity index (χ0) is 13.1. The Balaban J connectivity index is 3.30. The standard InChI is InChI=1S/C8H11FN4O3S/c1-11-17(15,16)13-6-4-2-3-5(9)7(6)8(10)12-14/h2-4,11,13-14H,1H3,(H2,10,12). The molecule has 17 heavy (non-hydrogen) atoms. The summed E-state index contributed by atoms with van der Waals surface area (Å²) in [5.74, 6) is -1.34. The first-order valence-electron chi connectivity index (χ1n) is 4.39. The van der Waals surface area contributed by atoms with E-state index in [0.29, 0.717) is 0 Å². The Morgan fingerprint density at radius 2 is 2.18 bits per heavy atom. The van der Waals surface area contributed by atoms with Gasteiger partial charge in [0.05, 0.1) is 11.3 Å². The van der Waals surface area contributed by atoms with Crippen molar-refractivity contribution in [1.82, 2.24) is 4.72 Å². The molecule has 0 heterocycles. The molecule has 0 saturated carbocycles. The number of nitrogens with zero attached hydrogens (tertiary/aromatic N) is 1. The highest BCUT2D eigenvalue weighted by molar-refractivity contribution is 7.90. The van der Waals surface area contributed by atoms with Crippen LogP contribution in [0.1, 0.15) is 5.56 Å². The number of hydrogen-bond donors (Lipinski definition) is 4. The average molecular weight is 262 g/mol. The third kappa shape index (κ3) is 3.04. The van der Waals surface area contributed by atoms with Gasteiger partial charge in [-0.2, -0.15) is 8.42 Å². The van der Waals surface area contributed by atoms with Crippen molar-refractivity contribution in [3.05, 3.63) is 29.6 Å². The van der Waals surface area contributed by atoms with Crippen molar-refractivity contribution in [2.24, 2.45) is 10.9 Å². The molecule has 0 fully saturated rings. The molecule has 0 aliphatic carbocycles. The summed E-state index contributed by atoms with van der Waals surface area (Å²) in [6.45, 7) is 0. The molecule has 0 unspecified atom stereocenters. The number of oxime groups is 1. The summed E-state index contributed by atoms with van der Waals surface area (Å²) in [4.78, 5) is 0. The molecule has 0 aliphatic rings. The zero-order valence-electron chi connectivity index (χ0n) is 8.81. The molecular weight excluding hydrogens is 251 g/mol. The zero-order valence-corrected chi connectivity index (χ0v) is 9.62. The third-order valence-corrected chi connectivity index (χ3v) is 2.92. The predicted molar refractivity (Wildman–Crippen MR) is 60.5 cm³/mol. The monoisotopic (exact) mass is 262 g/mol. The minimum Gasteiger partial charge on any atom is -0.409 e. The van der Waals surface area contributed by atoms with Gasteiger partial charge in [0.1, 0.15) is 5.82 Å². The van der Waals surface area contributed by atoms with E-state index in [2.05, 4.69) is 5.16 Å². The summed E-state index contributed by atoms with van der Waals surface area (Å²) in [7, 11) is -2.63. The maximum atomic E-state index is 13.4. The summed E-state index contributed by atoms with van der Waals surface area (Å²) in [6, 6.07) is 3.63. The van der Waals surface area contributed by atoms with Crippen LogP contribution in [-0.4, -0.2) is 26.5 Å². The van der Waals surface area contributed by atoms with Crippen LogP contribution in [0.15, 0.2) is 23.4 Å². The lowest BCUT2D eigenvalue weighted by Crippen LogP contribution is -2.28. The Morgan fingerprint density at radius 1 is 1.53 bits per heavy atom. The molecule has 0 amide bonds. The molecule has 5 N–H and O–H groups in total. The van der Waals surface area contributed by atoms with Gasteiger partial charge in [-0.1, -0.05) is 11.2 Å². The quantitative estimate of drug-likeness (QED) is 0.260. The Hall–Kier alpha value is -1.87. The van der Waals surface area contributed by atoms with Crippen molar-refractivity contribution in [3.63, 3.8) is 0 Å². The molecule has 0 atom stereocenters. The van der Waals surface area contributed by atoms with Crippen LogP contribution >= 0.6 is 0 Å². The SMILES string of the molecule is CNS(=O)(=O)Nc1cccc(F)c1/C(N)=N/O. The minimum atomic E-state index is -3.81. The van der Waals surface area contributed by atoms with Crippen molar-refractivity contribution < 1.29 is 18.0 Å². The maximum Gasteiger partial charge on any atom is 0.298 e. The number of nitrogens with two attached hydrogens (primary N) is 1. The second-order valence-electron chi connectivity index (χ2n) is 2.96. The molecule has 0 radical (unpaired) electrons. The van der Waals surface area contributed by atoms with Crippen molar-refractivity contribution in [3.8, 4) is 0 Å². The van der Waals surface area contributed by atoms with Crippen LogP contribution in [0, 0.1) is 5.82 Å². The summed E-state index contributed by atoms with van der Waals surface area (Å²) in [5, 5.41) is 11.1. The molecule has 0 spiro atoms. The fraction of sp³-hybridized carbons (Fsp3) is 0.125. The Bertz CT molecular complexity index is 544. The predicted octanol–water partition coefficient (Wildman–Crippen LogP) is -0.204. The van der Waals surface area contributed by atoms with E-state index in [1.165, 1.54) is 19.2 Å². The van der Waals surface area contributed by atoms with E-state index < -0.39 is 21.9 Å². The van der Waals surface area contributed by atoms with Gasteiger partial charge in [0.15, 0.2) is 5.84 Å². The lowest BCUT2D eigenvalue weighted by atomic mass is 10.1. The van der Waals surface area contributed by atoms with E-state index in [4.69, 9.17) is 10.9 Å². The molecule has 7 nitrogen and oxygen atoms in total. The van der Waals surface area contributed by atoms with E-state index in [0.717, 1.165) is 6.07 Å². The molecule has 0 saturated heterocycles. The lowest BCUT2D eigenvalue weighted by Gasteiger charge is -2.11. The number of amidine groups is 1. The highest BCUT2D eigenvalue weighted by Gasteiger charge is 2.16. The second kappa shape index (κ2) is 4.97. The smallest absolute Gasteiger partial charge is 0.298 e. The van der Waals surface area contributed by atoms with Gasteiger partial charge in [0, 0.05) is 7.05 Å². The maximum absolute atomic E-state index is 13.4. The highest BCUT2D eigenvalue weighted by atomic mass is 32.2. The molecule has 94 valence electrons. The molecule has 0 bridgehead atoms. The average Bonchev–Trinajstić information content (AvgIpc) is 2.28. The van der Waals surface area contributed by atoms with Gasteiger partial charge in [-0.25, -0.2) is 9.11 Å². The number of benzene rings is 1. The first-order valence-corrected chi connectivity index (χ1v) is 5.87. The molecule has 1 rings (SSSR count). The van der Waals surface area contributed by atoms with Crippen LogP contribution in [0.25, 0.3) is 0 Å². The van der Waals surface area contributed by atoms with E-state index in [1.807, 2.05) is 9.44 Å². The number of nitrogens with one attached hydrogen (secondary N) is 2. The fourth-order valence-electron chi connectivity index (χ4n) is 1.12. The van der Waals surface area contributed by atoms with Gasteiger partial charge in [0.2, 0.25) is 0 Å². The molecule has 1 aromatic carbocycles. The minimum absolute atomic E-state index is 0.130. The van der Waals surface area contributed by atoms with Gasteiger partial charge < -0.3 is 10.9 Å². The van der Waals surface area contributed by atoms with Crippen LogP contribution in [0.3, 0.4) is 0 Å². The Morgan fingerprint density at radius 3 is 2.71 bits per heavy atom. The number of hydrogen-bond acceptors (Lipinski definition) is 4. The summed E-state index contributed by atoms with van der Waals surface area (Å²) in [6.07, 6.45) is 0. The number of rotatable bonds is 4. The molecule has 1 aromatic rings. The van der Waals surface area contributed by atoms with E-state index in [1.54, 1.807) is 0 Å². The van der Waals surface area contributed by atoms with Crippen LogP contribution in [-0.2, 0) is 10.2 Å². The van der Waals surface area contributed by atoms with Gasteiger partial charge in [-0.3, -0.25) is 4.72 Å². The van der Waals surface area contributed by atoms with Crippen molar-refractivity contribution >= 4 is 21.7 Å². The van der Waals surface area contributed by atoms with E-state index in [-0.39, 0.29) is 11.3 Å². The van der Waals surface area contributed by atoms with Gasteiger partial charge in [-0.05, 0) is 12.1 Å². The normalized spacial score (nSPS) is 12.5. The highest BCUT2D eigenvalue weighted by Crippen LogP contribution is 2.19. The second-order valence-corrected chi connectivity index (χ2v) is 4.58. The van der Waals surface area contributed by atoms with Gasteiger partial charge >= 0.3 is 0 Å². The Kier molecular flexibility index (Phi) is 3.86. The van der Waals surface area contributed by atoms with Crippen molar-refractivity contribution in [2.45, 2.75) is 0 Å². The Labute approximate surface area is 97.3 Å². The number of anilines is 1. The summed E-state index contributed by atoms with van der Waals surface area (Å²) in [5.41, 5.74) is 4.81. The van der Waals surface area contributed by atoms with E-state index >= 15 is 0 Å². The van der Waals surface area contributed by atoms with Crippen LogP contribution in [0.2, 0.25) is 0 Å². The third-order valence-electron chi connectivity index (χ3n) is 1.89.